The molecule has 0 saturated heterocycles. The van der Waals surface area contributed by atoms with Crippen LogP contribution in [0.25, 0.3) is 5.78 Å². The molecule has 34 heavy (non-hydrogen) atoms. The molecule has 0 radical (unpaired) electrons. The molecular weight excluding hydrogens is 430 g/mol. The molecule has 1 aliphatic carbocycles. The maximum Gasteiger partial charge on any atom is 0.254 e. The van der Waals surface area contributed by atoms with Crippen LogP contribution in [-0.2, 0) is 19.3 Å². The van der Waals surface area contributed by atoms with Gasteiger partial charge in [0, 0.05) is 29.8 Å². The summed E-state index contributed by atoms with van der Waals surface area (Å²) in [6.45, 7) is 2.09. The van der Waals surface area contributed by atoms with Crippen molar-refractivity contribution in [2.24, 2.45) is 0 Å². The first-order valence-corrected chi connectivity index (χ1v) is 11.5. The van der Waals surface area contributed by atoms with Gasteiger partial charge in [-0.1, -0.05) is 29.8 Å². The summed E-state index contributed by atoms with van der Waals surface area (Å²) in [5.41, 5.74) is 5.48. The van der Waals surface area contributed by atoms with E-state index in [9.17, 15) is 0 Å². The van der Waals surface area contributed by atoms with Gasteiger partial charge in [0.05, 0.1) is 27.0 Å². The third-order valence-corrected chi connectivity index (χ3v) is 6.22. The van der Waals surface area contributed by atoms with Gasteiger partial charge in [0.25, 0.3) is 5.78 Å². The molecule has 5 rings (SSSR count). The minimum absolute atomic E-state index is 0.554. The van der Waals surface area contributed by atoms with Gasteiger partial charge in [0.15, 0.2) is 17.3 Å². The minimum Gasteiger partial charge on any atom is -0.493 e. The Balaban J connectivity index is 1.59. The molecule has 176 valence electrons. The van der Waals surface area contributed by atoms with Gasteiger partial charge in [-0.15, -0.1) is 5.10 Å². The van der Waals surface area contributed by atoms with Crippen LogP contribution in [0.2, 0.25) is 0 Å². The molecule has 0 spiro atoms. The van der Waals surface area contributed by atoms with E-state index in [-0.39, 0.29) is 0 Å². The fraction of sp³-hybridized carbons (Fsp3) is 0.346. The number of methoxy groups -OCH3 is 3. The number of anilines is 2. The van der Waals surface area contributed by atoms with E-state index in [0.29, 0.717) is 29.4 Å². The summed E-state index contributed by atoms with van der Waals surface area (Å²) in [7, 11) is 4.83. The average Bonchev–Trinajstić information content (AvgIpc) is 3.26. The normalized spacial score (nSPS) is 12.9. The summed E-state index contributed by atoms with van der Waals surface area (Å²) in [6, 6.07) is 12.3. The zero-order valence-electron chi connectivity index (χ0n) is 20.0. The molecule has 0 atom stereocenters. The minimum atomic E-state index is 0.554. The van der Waals surface area contributed by atoms with Crippen LogP contribution in [0, 0.1) is 6.92 Å². The number of hydrogen-bond acceptors (Lipinski definition) is 7. The van der Waals surface area contributed by atoms with Crippen LogP contribution in [0.4, 0.5) is 11.5 Å². The van der Waals surface area contributed by atoms with E-state index < -0.39 is 0 Å². The maximum atomic E-state index is 5.54. The van der Waals surface area contributed by atoms with E-state index in [1.807, 2.05) is 16.6 Å². The van der Waals surface area contributed by atoms with Crippen molar-refractivity contribution in [3.63, 3.8) is 0 Å². The zero-order chi connectivity index (χ0) is 23.7. The molecule has 2 aromatic carbocycles. The van der Waals surface area contributed by atoms with Crippen molar-refractivity contribution in [3.8, 4) is 17.2 Å². The Bertz CT molecular complexity index is 1310. The van der Waals surface area contributed by atoms with Crippen LogP contribution in [0.5, 0.6) is 17.2 Å². The molecule has 2 aromatic heterocycles. The second-order valence-corrected chi connectivity index (χ2v) is 8.53. The van der Waals surface area contributed by atoms with E-state index in [1.54, 1.807) is 21.3 Å². The standard InChI is InChI=1S/C26H29N5O3/c1-16-9-11-17(12-10-16)13-23-29-26-28-20-8-6-5-7-19(20)25(31(26)30-23)27-18-14-21(32-2)24(34-4)22(15-18)33-3/h9-12,14-15,27H,5-8,13H2,1-4H3. The van der Waals surface area contributed by atoms with Crippen molar-refractivity contribution in [1.82, 2.24) is 19.6 Å². The Kier molecular flexibility index (Phi) is 5.96. The zero-order valence-corrected chi connectivity index (χ0v) is 20.0. The molecular formula is C26H29N5O3. The molecule has 8 nitrogen and oxygen atoms in total. The lowest BCUT2D eigenvalue weighted by Gasteiger charge is -2.21. The number of nitrogens with one attached hydrogen (secondary N) is 1. The van der Waals surface area contributed by atoms with Crippen molar-refractivity contribution < 1.29 is 14.2 Å². The fourth-order valence-corrected chi connectivity index (χ4v) is 4.47. The van der Waals surface area contributed by atoms with Crippen LogP contribution in [0.3, 0.4) is 0 Å². The second-order valence-electron chi connectivity index (χ2n) is 8.53. The summed E-state index contributed by atoms with van der Waals surface area (Å²) in [4.78, 5) is 9.64. The number of nitrogens with zero attached hydrogens (tertiary/aromatic N) is 4. The van der Waals surface area contributed by atoms with Gasteiger partial charge in [0.2, 0.25) is 5.75 Å². The van der Waals surface area contributed by atoms with Gasteiger partial charge < -0.3 is 19.5 Å². The number of benzene rings is 2. The van der Waals surface area contributed by atoms with Crippen molar-refractivity contribution in [2.45, 2.75) is 39.0 Å². The molecule has 2 heterocycles. The number of fused-ring (bicyclic) bond motifs is 2. The first kappa shape index (κ1) is 22.0. The van der Waals surface area contributed by atoms with Crippen molar-refractivity contribution in [1.29, 1.82) is 0 Å². The van der Waals surface area contributed by atoms with Crippen molar-refractivity contribution in [2.75, 3.05) is 26.6 Å². The Labute approximate surface area is 198 Å². The molecule has 0 amide bonds. The lowest BCUT2D eigenvalue weighted by Crippen LogP contribution is -2.14. The SMILES string of the molecule is COc1cc(Nc2c3c(nc4nc(Cc5ccc(C)cc5)nn24)CCCC3)cc(OC)c1OC. The van der Waals surface area contributed by atoms with Crippen molar-refractivity contribution >= 4 is 17.3 Å². The van der Waals surface area contributed by atoms with Gasteiger partial charge in [-0.25, -0.2) is 4.98 Å². The van der Waals surface area contributed by atoms with Gasteiger partial charge in [-0.2, -0.15) is 9.50 Å². The molecule has 0 aliphatic heterocycles. The Morgan fingerprint density at radius 3 is 2.29 bits per heavy atom. The van der Waals surface area contributed by atoms with E-state index >= 15 is 0 Å². The van der Waals surface area contributed by atoms with E-state index in [0.717, 1.165) is 48.7 Å². The highest BCUT2D eigenvalue weighted by molar-refractivity contribution is 5.69. The quantitative estimate of drug-likeness (QED) is 0.430. The predicted octanol–water partition coefficient (Wildman–Crippen LogP) is 4.67. The molecule has 1 N–H and O–H groups in total. The third kappa shape index (κ3) is 4.11. The summed E-state index contributed by atoms with van der Waals surface area (Å²) >= 11 is 0. The van der Waals surface area contributed by atoms with Crippen molar-refractivity contribution in [3.05, 3.63) is 64.6 Å². The summed E-state index contributed by atoms with van der Waals surface area (Å²) in [6.07, 6.45) is 4.78. The highest BCUT2D eigenvalue weighted by Crippen LogP contribution is 2.41. The van der Waals surface area contributed by atoms with Crippen LogP contribution in [-0.4, -0.2) is 40.9 Å². The topological polar surface area (TPSA) is 82.8 Å². The summed E-state index contributed by atoms with van der Waals surface area (Å²) in [5, 5.41) is 8.41. The molecule has 4 aromatic rings. The Morgan fingerprint density at radius 1 is 0.912 bits per heavy atom. The molecule has 1 aliphatic rings. The average molecular weight is 460 g/mol. The molecule has 0 saturated carbocycles. The van der Waals surface area contributed by atoms with Gasteiger partial charge in [-0.05, 0) is 38.2 Å². The number of aromatic nitrogens is 4. The second kappa shape index (κ2) is 9.21. The van der Waals surface area contributed by atoms with E-state index in [1.165, 1.54) is 16.7 Å². The monoisotopic (exact) mass is 459 g/mol. The number of ether oxygens (including phenoxy) is 3. The number of hydrogen-bond donors (Lipinski definition) is 1. The van der Waals surface area contributed by atoms with Crippen LogP contribution in [0.1, 0.15) is 41.1 Å². The smallest absolute Gasteiger partial charge is 0.254 e. The predicted molar refractivity (Wildman–Crippen MR) is 131 cm³/mol. The highest BCUT2D eigenvalue weighted by atomic mass is 16.5. The Morgan fingerprint density at radius 2 is 1.62 bits per heavy atom. The first-order chi connectivity index (χ1) is 16.6. The largest absolute Gasteiger partial charge is 0.493 e. The van der Waals surface area contributed by atoms with Gasteiger partial charge >= 0.3 is 0 Å². The maximum absolute atomic E-state index is 5.54. The number of rotatable bonds is 7. The molecule has 8 heteroatoms. The van der Waals surface area contributed by atoms with E-state index in [4.69, 9.17) is 29.3 Å². The highest BCUT2D eigenvalue weighted by Gasteiger charge is 2.22. The molecule has 0 unspecified atom stereocenters. The summed E-state index contributed by atoms with van der Waals surface area (Å²) < 4.78 is 18.4. The number of aryl methyl sites for hydroxylation is 2. The molecule has 0 bridgehead atoms. The van der Waals surface area contributed by atoms with Crippen LogP contribution < -0.4 is 19.5 Å². The van der Waals surface area contributed by atoms with Crippen LogP contribution in [0.15, 0.2) is 36.4 Å². The van der Waals surface area contributed by atoms with Gasteiger partial charge in [-0.3, -0.25) is 0 Å². The summed E-state index contributed by atoms with van der Waals surface area (Å²) in [5.74, 6) is 3.96. The van der Waals surface area contributed by atoms with Crippen LogP contribution >= 0.6 is 0 Å². The Hall–Kier alpha value is -3.81. The van der Waals surface area contributed by atoms with E-state index in [2.05, 4.69) is 36.5 Å². The fourth-order valence-electron chi connectivity index (χ4n) is 4.47. The molecule has 0 fully saturated rings. The third-order valence-electron chi connectivity index (χ3n) is 6.22. The first-order valence-electron chi connectivity index (χ1n) is 11.5. The lowest BCUT2D eigenvalue weighted by atomic mass is 9.96. The lowest BCUT2D eigenvalue weighted by molar-refractivity contribution is 0.324. The van der Waals surface area contributed by atoms with Gasteiger partial charge in [0.1, 0.15) is 5.82 Å².